The smallest absolute Gasteiger partial charge is 0.0617 e. The highest BCUT2D eigenvalue weighted by atomic mass is 16.3. The molecule has 0 aromatic carbocycles. The Morgan fingerprint density at radius 3 is 2.37 bits per heavy atom. The number of fused-ring (bicyclic) bond motifs is 1. The van der Waals surface area contributed by atoms with Gasteiger partial charge in [-0.15, -0.1) is 0 Å². The van der Waals surface area contributed by atoms with Crippen LogP contribution in [0.1, 0.15) is 98.8 Å². The molecule has 172 valence electrons. The molecule has 3 saturated carbocycles. The lowest BCUT2D eigenvalue weighted by Gasteiger charge is -2.44. The minimum atomic E-state index is -0.587. The van der Waals surface area contributed by atoms with E-state index in [0.717, 1.165) is 12.3 Å². The van der Waals surface area contributed by atoms with Crippen LogP contribution in [0.25, 0.3) is 0 Å². The second-order valence-electron chi connectivity index (χ2n) is 11.7. The molecule has 0 aromatic rings. The van der Waals surface area contributed by atoms with Gasteiger partial charge in [-0.2, -0.15) is 0 Å². The molecule has 3 aliphatic carbocycles. The summed E-state index contributed by atoms with van der Waals surface area (Å²) in [5.74, 6) is 2.48. The van der Waals surface area contributed by atoms with Crippen LogP contribution in [0.15, 0.2) is 23.3 Å². The fourth-order valence-electron chi connectivity index (χ4n) is 6.81. The zero-order valence-corrected chi connectivity index (χ0v) is 20.0. The van der Waals surface area contributed by atoms with Crippen LogP contribution in [-0.4, -0.2) is 33.1 Å². The van der Waals surface area contributed by atoms with Crippen molar-refractivity contribution in [3.05, 3.63) is 23.3 Å². The molecule has 3 fully saturated rings. The maximum atomic E-state index is 10.3. The van der Waals surface area contributed by atoms with Crippen molar-refractivity contribution in [2.45, 2.75) is 117 Å². The predicted octanol–water partition coefficient (Wildman–Crippen LogP) is 5.78. The molecule has 0 aliphatic heterocycles. The van der Waals surface area contributed by atoms with E-state index in [1.807, 2.05) is 13.8 Å². The van der Waals surface area contributed by atoms with Gasteiger partial charge >= 0.3 is 0 Å². The highest BCUT2D eigenvalue weighted by Crippen LogP contribution is 2.60. The number of aliphatic hydroxyl groups excluding tert-OH is 2. The van der Waals surface area contributed by atoms with E-state index in [1.165, 1.54) is 44.1 Å². The van der Waals surface area contributed by atoms with Crippen molar-refractivity contribution in [3.63, 3.8) is 0 Å². The van der Waals surface area contributed by atoms with Crippen LogP contribution in [0.2, 0.25) is 0 Å². The quantitative estimate of drug-likeness (QED) is 0.512. The molecule has 0 bridgehead atoms. The first-order chi connectivity index (χ1) is 14.0. The molecule has 3 N–H and O–H groups in total. The van der Waals surface area contributed by atoms with Gasteiger partial charge in [-0.1, -0.05) is 50.5 Å². The fraction of sp³-hybridized carbons (Fsp3) is 0.852. The average Bonchev–Trinajstić information content (AvgIpc) is 3.00. The van der Waals surface area contributed by atoms with Crippen LogP contribution in [0, 0.1) is 29.1 Å². The van der Waals surface area contributed by atoms with E-state index in [9.17, 15) is 15.3 Å². The van der Waals surface area contributed by atoms with E-state index in [4.69, 9.17) is 0 Å². The monoisotopic (exact) mass is 418 g/mol. The van der Waals surface area contributed by atoms with E-state index in [-0.39, 0.29) is 0 Å². The number of allylic oxidation sites excluding steroid dienone is 3. The minimum Gasteiger partial charge on any atom is -0.393 e. The average molecular weight is 419 g/mol. The first kappa shape index (κ1) is 24.0. The number of aliphatic hydroxyl groups is 3. The van der Waals surface area contributed by atoms with Crippen LogP contribution >= 0.6 is 0 Å². The summed E-state index contributed by atoms with van der Waals surface area (Å²) in [7, 11) is 0. The fourth-order valence-corrected chi connectivity index (χ4v) is 6.81. The SMILES string of the molecule is CC(CCC(C)C(C)(C)O)C1CCC2C(=CC=C3CC(O)CC(O)C3)CCCC21C. The first-order valence-corrected chi connectivity index (χ1v) is 12.5. The van der Waals surface area contributed by atoms with Crippen molar-refractivity contribution >= 4 is 0 Å². The molecule has 3 nitrogen and oxygen atoms in total. The zero-order valence-electron chi connectivity index (χ0n) is 20.0. The Bertz CT molecular complexity index is 631. The van der Waals surface area contributed by atoms with Crippen LogP contribution in [0.4, 0.5) is 0 Å². The maximum absolute atomic E-state index is 10.3. The largest absolute Gasteiger partial charge is 0.393 e. The van der Waals surface area contributed by atoms with Crippen molar-refractivity contribution in [1.82, 2.24) is 0 Å². The molecule has 7 unspecified atom stereocenters. The van der Waals surface area contributed by atoms with E-state index < -0.39 is 17.8 Å². The van der Waals surface area contributed by atoms with Gasteiger partial charge in [0, 0.05) is 0 Å². The molecule has 0 saturated heterocycles. The zero-order chi connectivity index (χ0) is 22.1. The first-order valence-electron chi connectivity index (χ1n) is 12.5. The molecule has 3 aliphatic rings. The van der Waals surface area contributed by atoms with Gasteiger partial charge in [-0.3, -0.25) is 0 Å². The third-order valence-corrected chi connectivity index (χ3v) is 9.06. The van der Waals surface area contributed by atoms with Crippen LogP contribution in [0.5, 0.6) is 0 Å². The van der Waals surface area contributed by atoms with E-state index in [2.05, 4.69) is 32.9 Å². The van der Waals surface area contributed by atoms with Gasteiger partial charge in [-0.05, 0) is 101 Å². The summed E-state index contributed by atoms with van der Waals surface area (Å²) < 4.78 is 0. The van der Waals surface area contributed by atoms with Gasteiger partial charge in [-0.25, -0.2) is 0 Å². The van der Waals surface area contributed by atoms with Crippen molar-refractivity contribution in [2.75, 3.05) is 0 Å². The Morgan fingerprint density at radius 2 is 1.73 bits per heavy atom. The molecule has 3 heteroatoms. The summed E-state index contributed by atoms with van der Waals surface area (Å²) in [4.78, 5) is 0. The predicted molar refractivity (Wildman–Crippen MR) is 124 cm³/mol. The minimum absolute atomic E-state index is 0.333. The Labute approximate surface area is 184 Å². The maximum Gasteiger partial charge on any atom is 0.0617 e. The van der Waals surface area contributed by atoms with E-state index >= 15 is 0 Å². The third kappa shape index (κ3) is 5.40. The Hall–Kier alpha value is -0.640. The third-order valence-electron chi connectivity index (χ3n) is 9.06. The molecule has 0 amide bonds. The normalized spacial score (nSPS) is 38.4. The van der Waals surface area contributed by atoms with Crippen molar-refractivity contribution in [1.29, 1.82) is 0 Å². The van der Waals surface area contributed by atoms with Crippen LogP contribution < -0.4 is 0 Å². The molecule has 30 heavy (non-hydrogen) atoms. The van der Waals surface area contributed by atoms with Gasteiger partial charge in [0.05, 0.1) is 17.8 Å². The highest BCUT2D eigenvalue weighted by Gasteiger charge is 2.50. The second kappa shape index (κ2) is 9.46. The van der Waals surface area contributed by atoms with Crippen LogP contribution in [0.3, 0.4) is 0 Å². The lowest BCUT2D eigenvalue weighted by atomic mass is 9.60. The number of hydrogen-bond donors (Lipinski definition) is 3. The number of rotatable bonds is 6. The molecular formula is C27H46O3. The Morgan fingerprint density at radius 1 is 1.07 bits per heavy atom. The summed E-state index contributed by atoms with van der Waals surface area (Å²) in [6.07, 6.45) is 14.5. The summed E-state index contributed by atoms with van der Waals surface area (Å²) in [6, 6.07) is 0. The molecule has 7 atom stereocenters. The summed E-state index contributed by atoms with van der Waals surface area (Å²) in [5.41, 5.74) is 2.61. The van der Waals surface area contributed by atoms with Gasteiger partial charge in [0.1, 0.15) is 0 Å². The van der Waals surface area contributed by atoms with Gasteiger partial charge in [0.25, 0.3) is 0 Å². The van der Waals surface area contributed by atoms with Crippen molar-refractivity contribution < 1.29 is 15.3 Å². The van der Waals surface area contributed by atoms with Gasteiger partial charge < -0.3 is 15.3 Å². The molecule has 0 heterocycles. The summed E-state index contributed by atoms with van der Waals surface area (Å²) >= 11 is 0. The summed E-state index contributed by atoms with van der Waals surface area (Å²) in [6.45, 7) is 11.0. The topological polar surface area (TPSA) is 60.7 Å². The Balaban J connectivity index is 1.67. The van der Waals surface area contributed by atoms with Crippen LogP contribution in [-0.2, 0) is 0 Å². The van der Waals surface area contributed by atoms with Gasteiger partial charge in [0.15, 0.2) is 0 Å². The lowest BCUT2D eigenvalue weighted by molar-refractivity contribution is 0.0150. The Kier molecular flexibility index (Phi) is 7.58. The standard InChI is InChI=1S/C27H46O3/c1-18(8-9-19(2)26(3,4)30)24-12-13-25-21(7-6-14-27(24,25)5)11-10-20-15-22(28)17-23(29)16-20/h10-11,18-19,22-25,28-30H,6-9,12-17H2,1-5H3. The molecule has 0 radical (unpaired) electrons. The van der Waals surface area contributed by atoms with Crippen molar-refractivity contribution in [3.8, 4) is 0 Å². The lowest BCUT2D eigenvalue weighted by Crippen LogP contribution is -2.36. The van der Waals surface area contributed by atoms with Crippen molar-refractivity contribution in [2.24, 2.45) is 29.1 Å². The number of hydrogen-bond acceptors (Lipinski definition) is 3. The van der Waals surface area contributed by atoms with E-state index in [0.29, 0.717) is 42.4 Å². The second-order valence-corrected chi connectivity index (χ2v) is 11.7. The van der Waals surface area contributed by atoms with E-state index in [1.54, 1.807) is 5.57 Å². The molecule has 3 rings (SSSR count). The molecule has 0 spiro atoms. The summed E-state index contributed by atoms with van der Waals surface area (Å²) in [5, 5.41) is 30.2. The van der Waals surface area contributed by atoms with Gasteiger partial charge in [0.2, 0.25) is 0 Å². The molecule has 0 aromatic heterocycles. The highest BCUT2D eigenvalue weighted by molar-refractivity contribution is 5.26. The molecular weight excluding hydrogens is 372 g/mol.